The number of hydrogen-bond donors (Lipinski definition) is 2. The highest BCUT2D eigenvalue weighted by molar-refractivity contribution is 5.98. The molecule has 222 valence electrons. The molecule has 8 nitrogen and oxygen atoms in total. The van der Waals surface area contributed by atoms with Gasteiger partial charge in [0.1, 0.15) is 6.10 Å². The molecular formula is C36H34N4O4. The van der Waals surface area contributed by atoms with Crippen molar-refractivity contribution in [3.63, 3.8) is 0 Å². The third kappa shape index (κ3) is 5.98. The molecule has 0 aliphatic carbocycles. The summed E-state index contributed by atoms with van der Waals surface area (Å²) in [5.74, 6) is -0.269. The van der Waals surface area contributed by atoms with Crippen LogP contribution in [0.3, 0.4) is 0 Å². The number of aliphatic hydroxyl groups excluding tert-OH is 1. The summed E-state index contributed by atoms with van der Waals surface area (Å²) < 4.78 is 1.90. The number of nitrogens with zero attached hydrogens (tertiary/aromatic N) is 4. The summed E-state index contributed by atoms with van der Waals surface area (Å²) in [4.78, 5) is 34.3. The molecule has 2 heterocycles. The molecule has 1 aromatic heterocycles. The van der Waals surface area contributed by atoms with Gasteiger partial charge in [-0.05, 0) is 23.1 Å². The Morgan fingerprint density at radius 1 is 0.773 bits per heavy atom. The van der Waals surface area contributed by atoms with E-state index in [1.165, 1.54) is 4.90 Å². The van der Waals surface area contributed by atoms with E-state index in [0.717, 1.165) is 22.3 Å². The van der Waals surface area contributed by atoms with E-state index >= 15 is 0 Å². The lowest BCUT2D eigenvalue weighted by molar-refractivity contribution is 0.0447. The van der Waals surface area contributed by atoms with Gasteiger partial charge < -0.3 is 24.6 Å². The first-order valence-corrected chi connectivity index (χ1v) is 14.7. The Bertz CT molecular complexity index is 1690. The van der Waals surface area contributed by atoms with Gasteiger partial charge in [-0.15, -0.1) is 0 Å². The zero-order valence-electron chi connectivity index (χ0n) is 24.2. The van der Waals surface area contributed by atoms with E-state index in [2.05, 4.69) is 0 Å². The Morgan fingerprint density at radius 3 is 1.95 bits per heavy atom. The van der Waals surface area contributed by atoms with Crippen LogP contribution in [0.4, 0.5) is 4.79 Å². The molecule has 8 heteroatoms. The van der Waals surface area contributed by atoms with Crippen LogP contribution in [0.2, 0.25) is 0 Å². The summed E-state index contributed by atoms with van der Waals surface area (Å²) in [6.45, 7) is 0.669. The molecule has 0 unspecified atom stereocenters. The van der Waals surface area contributed by atoms with Gasteiger partial charge in [-0.25, -0.2) is 9.78 Å². The van der Waals surface area contributed by atoms with Crippen molar-refractivity contribution in [1.82, 2.24) is 19.4 Å². The minimum Gasteiger partial charge on any atom is -0.465 e. The fourth-order valence-corrected chi connectivity index (χ4v) is 6.08. The molecule has 2 amide bonds. The largest absolute Gasteiger partial charge is 0.465 e. The van der Waals surface area contributed by atoms with Crippen LogP contribution in [-0.2, 0) is 6.42 Å². The van der Waals surface area contributed by atoms with Crippen LogP contribution in [0.25, 0.3) is 11.3 Å². The van der Waals surface area contributed by atoms with Crippen molar-refractivity contribution in [3.05, 3.63) is 150 Å². The molecule has 0 spiro atoms. The van der Waals surface area contributed by atoms with Gasteiger partial charge >= 0.3 is 6.09 Å². The summed E-state index contributed by atoms with van der Waals surface area (Å²) >= 11 is 0. The maximum absolute atomic E-state index is 14.5. The second-order valence-electron chi connectivity index (χ2n) is 11.0. The van der Waals surface area contributed by atoms with E-state index in [1.54, 1.807) is 11.2 Å². The van der Waals surface area contributed by atoms with Crippen molar-refractivity contribution >= 4 is 12.0 Å². The molecule has 0 radical (unpaired) electrons. The lowest BCUT2D eigenvalue weighted by Crippen LogP contribution is -2.57. The number of carboxylic acid groups (broad SMARTS) is 1. The van der Waals surface area contributed by atoms with Crippen LogP contribution < -0.4 is 0 Å². The highest BCUT2D eigenvalue weighted by Gasteiger charge is 2.37. The summed E-state index contributed by atoms with van der Waals surface area (Å²) in [5, 5.41) is 21.6. The van der Waals surface area contributed by atoms with E-state index in [4.69, 9.17) is 4.98 Å². The number of aliphatic hydroxyl groups is 1. The molecule has 1 fully saturated rings. The summed E-state index contributed by atoms with van der Waals surface area (Å²) in [7, 11) is 0. The first kappa shape index (κ1) is 28.9. The third-order valence-electron chi connectivity index (χ3n) is 8.25. The fourth-order valence-electron chi connectivity index (χ4n) is 6.08. The van der Waals surface area contributed by atoms with Crippen LogP contribution in [0.1, 0.15) is 39.3 Å². The van der Waals surface area contributed by atoms with Gasteiger partial charge in [0.2, 0.25) is 0 Å². The number of benzene rings is 4. The molecule has 1 aliphatic heterocycles. The third-order valence-corrected chi connectivity index (χ3v) is 8.25. The number of carbonyl (C=O) groups excluding carboxylic acids is 1. The highest BCUT2D eigenvalue weighted by Crippen LogP contribution is 2.38. The SMILES string of the molecule is O=C(O)N1CCN(C(=O)c2ncn([C@@H](c3ccccc3)[C@H](O)c3ccccc3)c2-c2ccccc2)[C@H](Cc2ccccc2)C1. The van der Waals surface area contributed by atoms with Gasteiger partial charge in [-0.3, -0.25) is 4.79 Å². The molecule has 4 aromatic carbocycles. The smallest absolute Gasteiger partial charge is 0.407 e. The molecule has 5 aromatic rings. The van der Waals surface area contributed by atoms with Crippen molar-refractivity contribution in [3.8, 4) is 11.3 Å². The molecule has 6 rings (SSSR count). The second-order valence-corrected chi connectivity index (χ2v) is 11.0. The number of piperazine rings is 1. The van der Waals surface area contributed by atoms with Crippen molar-refractivity contribution in [2.75, 3.05) is 19.6 Å². The van der Waals surface area contributed by atoms with E-state index < -0.39 is 18.2 Å². The van der Waals surface area contributed by atoms with Crippen LogP contribution >= 0.6 is 0 Å². The van der Waals surface area contributed by atoms with E-state index in [9.17, 15) is 19.8 Å². The van der Waals surface area contributed by atoms with Crippen molar-refractivity contribution < 1.29 is 19.8 Å². The first-order valence-electron chi connectivity index (χ1n) is 14.7. The lowest BCUT2D eigenvalue weighted by Gasteiger charge is -2.40. The Morgan fingerprint density at radius 2 is 1.34 bits per heavy atom. The monoisotopic (exact) mass is 586 g/mol. The average molecular weight is 587 g/mol. The van der Waals surface area contributed by atoms with Crippen molar-refractivity contribution in [1.29, 1.82) is 0 Å². The minimum absolute atomic E-state index is 0.205. The number of hydrogen-bond acceptors (Lipinski definition) is 4. The van der Waals surface area contributed by atoms with Gasteiger partial charge in [-0.2, -0.15) is 0 Å². The molecule has 1 aliphatic rings. The number of amides is 2. The van der Waals surface area contributed by atoms with Crippen LogP contribution in [0, 0.1) is 0 Å². The molecule has 1 saturated heterocycles. The fraction of sp³-hybridized carbons (Fsp3) is 0.194. The number of aromatic nitrogens is 2. The molecule has 3 atom stereocenters. The van der Waals surface area contributed by atoms with E-state index in [1.807, 2.05) is 126 Å². The first-order chi connectivity index (χ1) is 21.5. The van der Waals surface area contributed by atoms with Gasteiger partial charge in [0, 0.05) is 25.2 Å². The maximum atomic E-state index is 14.5. The molecule has 0 saturated carbocycles. The molecule has 2 N–H and O–H groups in total. The van der Waals surface area contributed by atoms with Gasteiger partial charge in [0.25, 0.3) is 5.91 Å². The van der Waals surface area contributed by atoms with Gasteiger partial charge in [0.05, 0.1) is 24.1 Å². The number of imidazole rings is 1. The Hall–Kier alpha value is -5.21. The molecule has 0 bridgehead atoms. The van der Waals surface area contributed by atoms with Crippen molar-refractivity contribution in [2.24, 2.45) is 0 Å². The van der Waals surface area contributed by atoms with E-state index in [0.29, 0.717) is 12.1 Å². The Balaban J connectivity index is 1.45. The maximum Gasteiger partial charge on any atom is 0.407 e. The normalized spacial score (nSPS) is 16.3. The lowest BCUT2D eigenvalue weighted by atomic mass is 9.94. The molecular weight excluding hydrogens is 552 g/mol. The molecule has 44 heavy (non-hydrogen) atoms. The number of carbonyl (C=O) groups is 2. The quantitative estimate of drug-likeness (QED) is 0.235. The predicted octanol–water partition coefficient (Wildman–Crippen LogP) is 5.92. The van der Waals surface area contributed by atoms with Gasteiger partial charge in [-0.1, -0.05) is 121 Å². The Labute approximate surface area is 256 Å². The van der Waals surface area contributed by atoms with Crippen LogP contribution in [0.5, 0.6) is 0 Å². The highest BCUT2D eigenvalue weighted by atomic mass is 16.4. The zero-order valence-corrected chi connectivity index (χ0v) is 24.2. The van der Waals surface area contributed by atoms with Crippen LogP contribution in [-0.4, -0.2) is 67.2 Å². The van der Waals surface area contributed by atoms with Crippen LogP contribution in [0.15, 0.2) is 128 Å². The zero-order chi connectivity index (χ0) is 30.5. The summed E-state index contributed by atoms with van der Waals surface area (Å²) in [6, 6.07) is 37.7. The minimum atomic E-state index is -0.995. The van der Waals surface area contributed by atoms with Gasteiger partial charge in [0.15, 0.2) is 5.69 Å². The van der Waals surface area contributed by atoms with E-state index in [-0.39, 0.29) is 37.3 Å². The summed E-state index contributed by atoms with van der Waals surface area (Å²) in [6.07, 6.45) is 0.226. The van der Waals surface area contributed by atoms with Crippen molar-refractivity contribution in [2.45, 2.75) is 24.6 Å². The standard InChI is InChI=1S/C36H34N4O4/c41-34(29-19-11-4-12-20-29)33(28-17-9-3-10-18-28)40-25-37-31(32(40)27-15-7-2-8-16-27)35(42)39-22-21-38(36(43)44)24-30(39)23-26-13-5-1-6-14-26/h1-20,25,30,33-34,41H,21-24H2,(H,43,44)/t30-,33+,34-/m1/s1. The predicted molar refractivity (Wildman–Crippen MR) is 168 cm³/mol. The average Bonchev–Trinajstić information content (AvgIpc) is 3.51. The number of rotatable bonds is 8. The second kappa shape index (κ2) is 13.0. The Kier molecular flexibility index (Phi) is 8.52. The summed E-state index contributed by atoms with van der Waals surface area (Å²) in [5.41, 5.74) is 4.28. The topological polar surface area (TPSA) is 98.9 Å².